The van der Waals surface area contributed by atoms with E-state index in [-0.39, 0.29) is 5.41 Å². The van der Waals surface area contributed by atoms with Crippen molar-refractivity contribution in [3.05, 3.63) is 186 Å². The number of allylic oxidation sites excluding steroid dienone is 4. The molecule has 0 spiro atoms. The van der Waals surface area contributed by atoms with Crippen molar-refractivity contribution in [2.75, 3.05) is 4.90 Å². The summed E-state index contributed by atoms with van der Waals surface area (Å²) >= 11 is 1.94. The van der Waals surface area contributed by atoms with Gasteiger partial charge in [0.1, 0.15) is 0 Å². The van der Waals surface area contributed by atoms with E-state index in [1.54, 1.807) is 0 Å². The molecule has 1 aliphatic heterocycles. The van der Waals surface area contributed by atoms with E-state index in [4.69, 9.17) is 0 Å². The minimum atomic E-state index is -0.103. The van der Waals surface area contributed by atoms with Crippen LogP contribution in [-0.2, 0) is 5.41 Å². The van der Waals surface area contributed by atoms with Crippen LogP contribution in [0.1, 0.15) is 37.0 Å². The Morgan fingerprint density at radius 1 is 0.648 bits per heavy atom. The molecule has 3 aliphatic carbocycles. The summed E-state index contributed by atoms with van der Waals surface area (Å²) in [6.45, 7) is 4.77. The Kier molecular flexibility index (Phi) is 6.26. The van der Waals surface area contributed by atoms with Gasteiger partial charge >= 0.3 is 0 Å². The third-order valence-corrected chi connectivity index (χ3v) is 14.1. The lowest BCUT2D eigenvalue weighted by Crippen LogP contribution is -2.37. The van der Waals surface area contributed by atoms with Crippen molar-refractivity contribution in [2.45, 2.75) is 37.8 Å². The molecule has 0 bridgehead atoms. The van der Waals surface area contributed by atoms with Crippen molar-refractivity contribution in [1.82, 2.24) is 4.57 Å². The van der Waals surface area contributed by atoms with Crippen LogP contribution >= 0.6 is 11.3 Å². The van der Waals surface area contributed by atoms with E-state index in [9.17, 15) is 0 Å². The van der Waals surface area contributed by atoms with Crippen LogP contribution in [0.5, 0.6) is 0 Å². The summed E-state index contributed by atoms with van der Waals surface area (Å²) in [5.74, 6) is 0.353. The van der Waals surface area contributed by atoms with Crippen molar-refractivity contribution in [3.8, 4) is 16.8 Å². The molecule has 54 heavy (non-hydrogen) atoms. The summed E-state index contributed by atoms with van der Waals surface area (Å²) in [4.78, 5) is 2.73. The first-order valence-electron chi connectivity index (χ1n) is 19.3. The van der Waals surface area contributed by atoms with Gasteiger partial charge in [0, 0.05) is 37.6 Å². The van der Waals surface area contributed by atoms with Crippen molar-refractivity contribution in [2.24, 2.45) is 5.92 Å². The van der Waals surface area contributed by atoms with Gasteiger partial charge in [-0.2, -0.15) is 0 Å². The van der Waals surface area contributed by atoms with E-state index in [2.05, 4.69) is 187 Å². The van der Waals surface area contributed by atoms with Gasteiger partial charge in [0.2, 0.25) is 0 Å². The van der Waals surface area contributed by atoms with Crippen molar-refractivity contribution in [3.63, 3.8) is 0 Å². The molecule has 0 saturated carbocycles. The minimum absolute atomic E-state index is 0.103. The van der Waals surface area contributed by atoms with Crippen LogP contribution in [0.3, 0.4) is 0 Å². The van der Waals surface area contributed by atoms with E-state index in [1.165, 1.54) is 92.3 Å². The van der Waals surface area contributed by atoms with E-state index >= 15 is 0 Å². The predicted octanol–water partition coefficient (Wildman–Crippen LogP) is 13.2. The maximum Gasteiger partial charge on any atom is 0.0589 e. The molecule has 6 aromatic carbocycles. The highest BCUT2D eigenvalue weighted by atomic mass is 32.1. The van der Waals surface area contributed by atoms with Gasteiger partial charge in [-0.05, 0) is 81.8 Å². The largest absolute Gasteiger partial charge is 0.356 e. The van der Waals surface area contributed by atoms with Gasteiger partial charge in [-0.25, -0.2) is 0 Å². The Bertz CT molecular complexity index is 3030. The third kappa shape index (κ3) is 4.05. The van der Waals surface area contributed by atoms with E-state index < -0.39 is 0 Å². The van der Waals surface area contributed by atoms with Crippen LogP contribution in [0.15, 0.2) is 169 Å². The molecule has 2 nitrogen and oxygen atoms in total. The van der Waals surface area contributed by atoms with Crippen LogP contribution in [0.25, 0.3) is 64.4 Å². The van der Waals surface area contributed by atoms with Crippen LogP contribution in [0.4, 0.5) is 5.69 Å². The Hall–Kier alpha value is -5.90. The Morgan fingerprint density at radius 2 is 1.39 bits per heavy atom. The van der Waals surface area contributed by atoms with Gasteiger partial charge < -0.3 is 9.47 Å². The number of aromatic nitrogens is 1. The molecule has 258 valence electrons. The predicted molar refractivity (Wildman–Crippen MR) is 230 cm³/mol. The Labute approximate surface area is 319 Å². The van der Waals surface area contributed by atoms with Crippen LogP contribution in [0, 0.1) is 5.92 Å². The van der Waals surface area contributed by atoms with Crippen molar-refractivity contribution >= 4 is 64.6 Å². The summed E-state index contributed by atoms with van der Waals surface area (Å²) in [5.41, 5.74) is 14.7. The lowest BCUT2D eigenvalue weighted by molar-refractivity contribution is 0.656. The molecule has 2 aromatic heterocycles. The highest BCUT2D eigenvalue weighted by Gasteiger charge is 2.45. The zero-order chi connectivity index (χ0) is 35.7. The fraction of sp³-hybridized carbons (Fsp3) is 0.137. The van der Waals surface area contributed by atoms with Gasteiger partial charge in [-0.15, -0.1) is 11.3 Å². The van der Waals surface area contributed by atoms with Crippen LogP contribution < -0.4 is 4.90 Å². The lowest BCUT2D eigenvalue weighted by atomic mass is 9.81. The number of thiophene rings is 1. The first-order valence-corrected chi connectivity index (χ1v) is 20.1. The average Bonchev–Trinajstić information content (AvgIpc) is 3.93. The number of nitrogens with zero attached hydrogens (tertiary/aromatic N) is 2. The normalized spacial score (nSPS) is 20.7. The summed E-state index contributed by atoms with van der Waals surface area (Å²) in [6.07, 6.45) is 15.4. The van der Waals surface area contributed by atoms with Crippen molar-refractivity contribution in [1.29, 1.82) is 0 Å². The molecule has 12 rings (SSSR count). The van der Waals surface area contributed by atoms with Crippen LogP contribution in [0.2, 0.25) is 0 Å². The Balaban J connectivity index is 0.982. The summed E-state index contributed by atoms with van der Waals surface area (Å²) in [7, 11) is 0. The van der Waals surface area contributed by atoms with Gasteiger partial charge in [0.05, 0.1) is 39.2 Å². The molecule has 0 radical (unpaired) electrons. The van der Waals surface area contributed by atoms with E-state index in [0.717, 1.165) is 6.42 Å². The van der Waals surface area contributed by atoms with Crippen LogP contribution in [-0.4, -0.2) is 16.7 Å². The molecule has 1 saturated heterocycles. The molecule has 3 atom stereocenters. The number of fused-ring (bicyclic) bond motifs is 12. The summed E-state index contributed by atoms with van der Waals surface area (Å²) in [6, 6.07) is 48.4. The first kappa shape index (κ1) is 30.6. The molecule has 3 unspecified atom stereocenters. The standard InChI is InChI=1S/C51H38N2S/c1-51(2)41-19-7-3-13-33(41)37-17-11-22-46(49(37)51)52-42-20-8-4-14-34(42)39-29-31(25-27-44(39)52)32-26-28-45-40(30-32)35-15-5-9-21-43(35)53(45)47-23-12-18-38-36-16-6-10-24-48(36)54-50(38)47/h3-27,29-30,35,43,45H,28H2,1-2H3. The molecule has 0 amide bonds. The maximum absolute atomic E-state index is 2.73. The molecular formula is C51H38N2S. The fourth-order valence-electron chi connectivity index (χ4n) is 10.6. The summed E-state index contributed by atoms with van der Waals surface area (Å²) in [5, 5.41) is 5.33. The molecule has 3 heterocycles. The van der Waals surface area contributed by atoms with E-state index in [0.29, 0.717) is 18.0 Å². The van der Waals surface area contributed by atoms with Crippen molar-refractivity contribution < 1.29 is 0 Å². The lowest BCUT2D eigenvalue weighted by Gasteiger charge is -2.33. The quantitative estimate of drug-likeness (QED) is 0.177. The third-order valence-electron chi connectivity index (χ3n) is 12.9. The number of rotatable bonds is 3. The van der Waals surface area contributed by atoms with Gasteiger partial charge in [-0.1, -0.05) is 141 Å². The molecule has 3 heteroatoms. The molecule has 1 fully saturated rings. The fourth-order valence-corrected chi connectivity index (χ4v) is 11.8. The molecular weight excluding hydrogens is 673 g/mol. The number of benzene rings is 6. The zero-order valence-electron chi connectivity index (χ0n) is 30.3. The topological polar surface area (TPSA) is 8.17 Å². The van der Waals surface area contributed by atoms with Gasteiger partial charge in [0.25, 0.3) is 0 Å². The molecule has 4 aliphatic rings. The first-order chi connectivity index (χ1) is 26.6. The number of hydrogen-bond acceptors (Lipinski definition) is 2. The summed E-state index contributed by atoms with van der Waals surface area (Å²) < 4.78 is 5.28. The number of para-hydroxylation sites is 1. The minimum Gasteiger partial charge on any atom is -0.356 e. The maximum atomic E-state index is 2.73. The monoisotopic (exact) mass is 710 g/mol. The smallest absolute Gasteiger partial charge is 0.0589 e. The second-order valence-electron chi connectivity index (χ2n) is 16.0. The average molecular weight is 711 g/mol. The zero-order valence-corrected chi connectivity index (χ0v) is 31.1. The number of anilines is 1. The second kappa shape index (κ2) is 11.1. The second-order valence-corrected chi connectivity index (χ2v) is 17.0. The highest BCUT2D eigenvalue weighted by molar-refractivity contribution is 7.26. The highest BCUT2D eigenvalue weighted by Crippen LogP contribution is 2.53. The van der Waals surface area contributed by atoms with Gasteiger partial charge in [0.15, 0.2) is 0 Å². The molecule has 0 N–H and O–H groups in total. The SMILES string of the molecule is CC1(C)c2ccccc2-c2cccc(-n3c4ccccc4c4cc(C5=CCC6C(=C5)C5C=CC=CC5N6c5cccc6c5sc5ccccc56)ccc43)c21. The van der Waals surface area contributed by atoms with Gasteiger partial charge in [-0.3, -0.25) is 0 Å². The Morgan fingerprint density at radius 3 is 2.33 bits per heavy atom. The number of hydrogen-bond donors (Lipinski definition) is 0. The van der Waals surface area contributed by atoms with E-state index in [1.807, 2.05) is 11.3 Å². The molecule has 8 aromatic rings.